The van der Waals surface area contributed by atoms with Gasteiger partial charge in [-0.05, 0) is 42.7 Å². The fourth-order valence-corrected chi connectivity index (χ4v) is 4.84. The van der Waals surface area contributed by atoms with Crippen molar-refractivity contribution in [2.24, 2.45) is 0 Å². The summed E-state index contributed by atoms with van der Waals surface area (Å²) in [5, 5.41) is 0.369. The largest absolute Gasteiger partial charge is 0.272 e. The molecule has 0 aliphatic carbocycles. The number of anilines is 1. The molecular formula is C25H20ClNO2S. The predicted octanol–water partition coefficient (Wildman–Crippen LogP) is 6.17. The lowest BCUT2D eigenvalue weighted by molar-refractivity contribution is -0.119. The van der Waals surface area contributed by atoms with Crippen LogP contribution in [0.15, 0.2) is 77.7 Å². The van der Waals surface area contributed by atoms with Crippen LogP contribution in [-0.4, -0.2) is 11.8 Å². The molecule has 3 nitrogen and oxygen atoms in total. The number of rotatable bonds is 5. The summed E-state index contributed by atoms with van der Waals surface area (Å²) in [4.78, 5) is 28.6. The minimum Gasteiger partial charge on any atom is -0.268 e. The number of hydrogen-bond acceptors (Lipinski definition) is 3. The van der Waals surface area contributed by atoms with Gasteiger partial charge in [-0.15, -0.1) is 11.8 Å². The van der Waals surface area contributed by atoms with E-state index in [1.165, 1.54) is 16.7 Å². The minimum absolute atomic E-state index is 0.330. The Kier molecular flexibility index (Phi) is 5.80. The summed E-state index contributed by atoms with van der Waals surface area (Å²) in [5.74, 6) is -0.0698. The second kappa shape index (κ2) is 8.50. The Hall–Kier alpha value is -2.82. The van der Waals surface area contributed by atoms with Gasteiger partial charge in [0, 0.05) is 5.75 Å². The monoisotopic (exact) mass is 433 g/mol. The standard InChI is InChI=1S/C25H20ClNO2S/c1-16-12-13-19(17(2)14-16)22-23(30-15-18-8-4-3-5-9-18)25(29)27(24(22)28)21-11-7-6-10-20(21)26/h3-14H,15H2,1-2H3. The third-order valence-corrected chi connectivity index (χ3v) is 6.48. The zero-order chi connectivity index (χ0) is 21.3. The van der Waals surface area contributed by atoms with Crippen LogP contribution < -0.4 is 4.90 Å². The van der Waals surface area contributed by atoms with E-state index in [2.05, 4.69) is 0 Å². The minimum atomic E-state index is -0.337. The van der Waals surface area contributed by atoms with E-state index < -0.39 is 0 Å². The lowest BCUT2D eigenvalue weighted by Gasteiger charge is -2.17. The SMILES string of the molecule is Cc1ccc(C2=C(SCc3ccccc3)C(=O)N(c3ccccc3Cl)C2=O)c(C)c1. The van der Waals surface area contributed by atoms with Gasteiger partial charge in [0.1, 0.15) is 0 Å². The van der Waals surface area contributed by atoms with Crippen molar-refractivity contribution in [1.82, 2.24) is 0 Å². The van der Waals surface area contributed by atoms with E-state index in [1.807, 2.05) is 62.4 Å². The Morgan fingerprint density at radius 1 is 0.867 bits per heavy atom. The van der Waals surface area contributed by atoms with Gasteiger partial charge in [-0.2, -0.15) is 0 Å². The normalized spacial score (nSPS) is 14.0. The molecule has 30 heavy (non-hydrogen) atoms. The van der Waals surface area contributed by atoms with Crippen molar-refractivity contribution in [3.05, 3.63) is 105 Å². The van der Waals surface area contributed by atoms with Crippen molar-refractivity contribution in [3.8, 4) is 0 Å². The van der Waals surface area contributed by atoms with Crippen LogP contribution in [0.25, 0.3) is 5.57 Å². The Bertz CT molecular complexity index is 1170. The second-order valence-corrected chi connectivity index (χ2v) is 8.59. The zero-order valence-electron chi connectivity index (χ0n) is 16.7. The first kappa shape index (κ1) is 20.5. The van der Waals surface area contributed by atoms with E-state index in [9.17, 15) is 9.59 Å². The number of para-hydroxylation sites is 1. The Morgan fingerprint density at radius 3 is 2.27 bits per heavy atom. The number of halogens is 1. The van der Waals surface area contributed by atoms with Crippen molar-refractivity contribution in [2.45, 2.75) is 19.6 Å². The quantitative estimate of drug-likeness (QED) is 0.451. The van der Waals surface area contributed by atoms with Crippen LogP contribution in [0.1, 0.15) is 22.3 Å². The average Bonchev–Trinajstić information content (AvgIpc) is 2.97. The molecule has 0 spiro atoms. The fraction of sp³-hybridized carbons (Fsp3) is 0.120. The van der Waals surface area contributed by atoms with Gasteiger partial charge in [0.15, 0.2) is 0 Å². The van der Waals surface area contributed by atoms with E-state index in [1.54, 1.807) is 24.3 Å². The van der Waals surface area contributed by atoms with Gasteiger partial charge in [-0.1, -0.05) is 77.8 Å². The second-order valence-electron chi connectivity index (χ2n) is 7.19. The van der Waals surface area contributed by atoms with Crippen molar-refractivity contribution in [1.29, 1.82) is 0 Å². The first-order valence-corrected chi connectivity index (χ1v) is 11.0. The highest BCUT2D eigenvalue weighted by Gasteiger charge is 2.41. The molecule has 4 rings (SSSR count). The smallest absolute Gasteiger partial charge is 0.268 e. The fourth-order valence-electron chi connectivity index (χ4n) is 3.56. The van der Waals surface area contributed by atoms with Crippen LogP contribution >= 0.6 is 23.4 Å². The molecule has 0 fully saturated rings. The van der Waals surface area contributed by atoms with Gasteiger partial charge >= 0.3 is 0 Å². The number of amides is 2. The molecule has 1 aliphatic heterocycles. The van der Waals surface area contributed by atoms with Crippen LogP contribution in [-0.2, 0) is 15.3 Å². The van der Waals surface area contributed by atoms with Crippen LogP contribution in [0.2, 0.25) is 5.02 Å². The van der Waals surface area contributed by atoms with E-state index in [4.69, 9.17) is 11.6 Å². The predicted molar refractivity (Wildman–Crippen MR) is 125 cm³/mol. The van der Waals surface area contributed by atoms with Crippen molar-refractivity contribution < 1.29 is 9.59 Å². The summed E-state index contributed by atoms with van der Waals surface area (Å²) in [6.45, 7) is 3.97. The molecule has 0 N–H and O–H groups in total. The molecule has 0 aromatic heterocycles. The van der Waals surface area contributed by atoms with E-state index in [0.29, 0.717) is 26.9 Å². The maximum absolute atomic E-state index is 13.5. The highest BCUT2D eigenvalue weighted by Crippen LogP contribution is 2.42. The highest BCUT2D eigenvalue weighted by atomic mass is 35.5. The molecule has 0 atom stereocenters. The molecular weight excluding hydrogens is 414 g/mol. The summed E-state index contributed by atoms with van der Waals surface area (Å²) in [7, 11) is 0. The lowest BCUT2D eigenvalue weighted by Crippen LogP contribution is -2.31. The number of nitrogens with zero attached hydrogens (tertiary/aromatic N) is 1. The summed E-state index contributed by atoms with van der Waals surface area (Å²) in [5.41, 5.74) is 4.79. The third-order valence-electron chi connectivity index (χ3n) is 5.01. The van der Waals surface area contributed by atoms with Crippen LogP contribution in [0.3, 0.4) is 0 Å². The average molecular weight is 434 g/mol. The summed E-state index contributed by atoms with van der Waals surface area (Å²) < 4.78 is 0. The number of carbonyl (C=O) groups excluding carboxylic acids is 2. The molecule has 1 aliphatic rings. The number of carbonyl (C=O) groups is 2. The molecule has 0 saturated carbocycles. The summed E-state index contributed by atoms with van der Waals surface area (Å²) in [6, 6.07) is 22.7. The molecule has 0 bridgehead atoms. The number of hydrogen-bond donors (Lipinski definition) is 0. The molecule has 1 heterocycles. The number of benzene rings is 3. The van der Waals surface area contributed by atoms with E-state index in [-0.39, 0.29) is 11.8 Å². The van der Waals surface area contributed by atoms with Crippen LogP contribution in [0, 0.1) is 13.8 Å². The molecule has 5 heteroatoms. The first-order chi connectivity index (χ1) is 14.5. The molecule has 150 valence electrons. The Balaban J connectivity index is 1.80. The van der Waals surface area contributed by atoms with E-state index >= 15 is 0 Å². The Labute approximate surface area is 185 Å². The third kappa shape index (κ3) is 3.81. The highest BCUT2D eigenvalue weighted by molar-refractivity contribution is 8.03. The molecule has 0 saturated heterocycles. The van der Waals surface area contributed by atoms with Gasteiger partial charge in [0.2, 0.25) is 0 Å². The Morgan fingerprint density at radius 2 is 1.57 bits per heavy atom. The summed E-state index contributed by atoms with van der Waals surface area (Å²) in [6.07, 6.45) is 0. The van der Waals surface area contributed by atoms with Gasteiger partial charge in [-0.3, -0.25) is 9.59 Å². The van der Waals surface area contributed by atoms with Crippen molar-refractivity contribution in [3.63, 3.8) is 0 Å². The molecule has 2 amide bonds. The number of thioether (sulfide) groups is 1. The topological polar surface area (TPSA) is 37.4 Å². The van der Waals surface area contributed by atoms with Gasteiger partial charge in [-0.25, -0.2) is 4.90 Å². The maximum atomic E-state index is 13.5. The number of aryl methyl sites for hydroxylation is 2. The van der Waals surface area contributed by atoms with Gasteiger partial charge < -0.3 is 0 Å². The summed E-state index contributed by atoms with van der Waals surface area (Å²) >= 11 is 7.72. The van der Waals surface area contributed by atoms with Crippen molar-refractivity contribution >= 4 is 46.4 Å². The number of imide groups is 1. The lowest BCUT2D eigenvalue weighted by atomic mass is 9.99. The zero-order valence-corrected chi connectivity index (χ0v) is 18.3. The first-order valence-electron chi connectivity index (χ1n) is 9.59. The molecule has 3 aromatic carbocycles. The molecule has 3 aromatic rings. The van der Waals surface area contributed by atoms with Crippen LogP contribution in [0.4, 0.5) is 5.69 Å². The van der Waals surface area contributed by atoms with Crippen LogP contribution in [0.5, 0.6) is 0 Å². The van der Waals surface area contributed by atoms with Gasteiger partial charge in [0.25, 0.3) is 11.8 Å². The molecule has 0 radical (unpaired) electrons. The van der Waals surface area contributed by atoms with E-state index in [0.717, 1.165) is 22.3 Å². The van der Waals surface area contributed by atoms with Crippen molar-refractivity contribution in [2.75, 3.05) is 4.90 Å². The maximum Gasteiger partial charge on any atom is 0.272 e. The molecule has 0 unspecified atom stereocenters. The van der Waals surface area contributed by atoms with Gasteiger partial charge in [0.05, 0.1) is 21.2 Å².